The van der Waals surface area contributed by atoms with Crippen LogP contribution in [0.5, 0.6) is 17.4 Å². The van der Waals surface area contributed by atoms with Crippen LogP contribution in [0.3, 0.4) is 0 Å². The number of benzene rings is 1. The lowest BCUT2D eigenvalue weighted by Crippen LogP contribution is -2.47. The zero-order valence-electron chi connectivity index (χ0n) is 15.5. The van der Waals surface area contributed by atoms with Crippen molar-refractivity contribution in [2.24, 2.45) is 0 Å². The summed E-state index contributed by atoms with van der Waals surface area (Å²) in [5.74, 6) is 3.32. The first-order valence-electron chi connectivity index (χ1n) is 9.19. The summed E-state index contributed by atoms with van der Waals surface area (Å²) in [4.78, 5) is 13.5. The molecule has 2 aliphatic heterocycles. The van der Waals surface area contributed by atoms with Crippen LogP contribution in [0.15, 0.2) is 35.6 Å². The SMILES string of the molecule is COc1ccnc(SCCN2CCN(c3cccc4c3OCCO4)CC2)n1. The number of ether oxygens (including phenoxy) is 3. The molecule has 0 amide bonds. The third-order valence-electron chi connectivity index (χ3n) is 4.71. The van der Waals surface area contributed by atoms with Crippen molar-refractivity contribution in [2.75, 3.05) is 63.7 Å². The van der Waals surface area contributed by atoms with Crippen LogP contribution < -0.4 is 19.1 Å². The molecule has 8 heteroatoms. The van der Waals surface area contributed by atoms with E-state index in [1.54, 1.807) is 31.1 Å². The Hall–Kier alpha value is -2.19. The monoisotopic (exact) mass is 388 g/mol. The second-order valence-electron chi connectivity index (χ2n) is 6.36. The lowest BCUT2D eigenvalue weighted by atomic mass is 10.2. The molecule has 7 nitrogen and oxygen atoms in total. The molecule has 1 fully saturated rings. The lowest BCUT2D eigenvalue weighted by Gasteiger charge is -2.37. The zero-order valence-corrected chi connectivity index (χ0v) is 16.3. The van der Waals surface area contributed by atoms with Gasteiger partial charge in [-0.05, 0) is 12.1 Å². The molecule has 4 rings (SSSR count). The molecule has 1 aromatic heterocycles. The maximum absolute atomic E-state index is 5.86. The minimum Gasteiger partial charge on any atom is -0.486 e. The summed E-state index contributed by atoms with van der Waals surface area (Å²) in [6.45, 7) is 6.30. The minimum atomic E-state index is 0.610. The Balaban J connectivity index is 1.27. The van der Waals surface area contributed by atoms with Crippen molar-refractivity contribution in [3.05, 3.63) is 30.5 Å². The third kappa shape index (κ3) is 4.39. The average Bonchev–Trinajstić information content (AvgIpc) is 2.74. The number of methoxy groups -OCH3 is 1. The van der Waals surface area contributed by atoms with Crippen LogP contribution in [0, 0.1) is 0 Å². The zero-order chi connectivity index (χ0) is 18.5. The summed E-state index contributed by atoms with van der Waals surface area (Å²) < 4.78 is 16.7. The Morgan fingerprint density at radius 3 is 2.81 bits per heavy atom. The summed E-state index contributed by atoms with van der Waals surface area (Å²) in [6.07, 6.45) is 1.74. The third-order valence-corrected chi connectivity index (χ3v) is 5.56. The number of rotatable bonds is 6. The number of thioether (sulfide) groups is 1. The number of hydrogen-bond acceptors (Lipinski definition) is 8. The molecule has 0 unspecified atom stereocenters. The van der Waals surface area contributed by atoms with Gasteiger partial charge in [0.1, 0.15) is 13.2 Å². The molecule has 0 aliphatic carbocycles. The van der Waals surface area contributed by atoms with E-state index in [2.05, 4.69) is 25.8 Å². The highest BCUT2D eigenvalue weighted by atomic mass is 32.2. The van der Waals surface area contributed by atoms with Crippen molar-refractivity contribution in [1.82, 2.24) is 14.9 Å². The first kappa shape index (κ1) is 18.2. The molecule has 0 saturated carbocycles. The summed E-state index contributed by atoms with van der Waals surface area (Å²) in [5, 5.41) is 0.765. The smallest absolute Gasteiger partial charge is 0.216 e. The van der Waals surface area contributed by atoms with E-state index in [9.17, 15) is 0 Å². The fraction of sp³-hybridized carbons (Fsp3) is 0.474. The normalized spacial score (nSPS) is 17.0. The standard InChI is InChI=1S/C19H24N4O3S/c1-24-17-5-6-20-19(21-17)27-14-11-22-7-9-23(10-8-22)15-3-2-4-16-18(15)26-13-12-25-16/h2-6H,7-14H2,1H3. The number of anilines is 1. The van der Waals surface area contributed by atoms with Crippen LogP contribution in [0.25, 0.3) is 0 Å². The Kier molecular flexibility index (Phi) is 5.84. The second kappa shape index (κ2) is 8.67. The van der Waals surface area contributed by atoms with Crippen LogP contribution in [0.1, 0.15) is 0 Å². The van der Waals surface area contributed by atoms with E-state index in [1.807, 2.05) is 12.1 Å². The molecule has 144 valence electrons. The first-order valence-corrected chi connectivity index (χ1v) is 10.2. The molecular weight excluding hydrogens is 364 g/mol. The van der Waals surface area contributed by atoms with Crippen LogP contribution in [-0.4, -0.2) is 73.7 Å². The fourth-order valence-corrected chi connectivity index (χ4v) is 4.12. The topological polar surface area (TPSA) is 60.0 Å². The van der Waals surface area contributed by atoms with Gasteiger partial charge in [-0.2, -0.15) is 4.98 Å². The Labute approximate surface area is 163 Å². The van der Waals surface area contributed by atoms with Crippen molar-refractivity contribution in [3.8, 4) is 17.4 Å². The maximum Gasteiger partial charge on any atom is 0.216 e. The molecule has 3 heterocycles. The predicted octanol–water partition coefficient (Wildman–Crippen LogP) is 2.17. The van der Waals surface area contributed by atoms with Gasteiger partial charge in [-0.25, -0.2) is 4.98 Å². The van der Waals surface area contributed by atoms with Gasteiger partial charge in [0.05, 0.1) is 12.8 Å². The van der Waals surface area contributed by atoms with Gasteiger partial charge in [-0.3, -0.25) is 4.90 Å². The van der Waals surface area contributed by atoms with Gasteiger partial charge in [0, 0.05) is 50.7 Å². The van der Waals surface area contributed by atoms with Gasteiger partial charge in [0.25, 0.3) is 0 Å². The Bertz CT molecular complexity index is 768. The largest absolute Gasteiger partial charge is 0.486 e. The summed E-state index contributed by atoms with van der Waals surface area (Å²) in [7, 11) is 1.62. The molecule has 0 spiro atoms. The predicted molar refractivity (Wildman–Crippen MR) is 105 cm³/mol. The van der Waals surface area contributed by atoms with Crippen molar-refractivity contribution in [2.45, 2.75) is 5.16 Å². The van der Waals surface area contributed by atoms with Crippen molar-refractivity contribution in [1.29, 1.82) is 0 Å². The lowest BCUT2D eigenvalue weighted by molar-refractivity contribution is 0.171. The number of piperazine rings is 1. The van der Waals surface area contributed by atoms with E-state index in [1.165, 1.54) is 0 Å². The van der Waals surface area contributed by atoms with E-state index in [4.69, 9.17) is 14.2 Å². The number of nitrogens with zero attached hydrogens (tertiary/aromatic N) is 4. The van der Waals surface area contributed by atoms with E-state index in [-0.39, 0.29) is 0 Å². The van der Waals surface area contributed by atoms with Crippen LogP contribution in [-0.2, 0) is 0 Å². The van der Waals surface area contributed by atoms with Crippen LogP contribution >= 0.6 is 11.8 Å². The molecule has 27 heavy (non-hydrogen) atoms. The Morgan fingerprint density at radius 2 is 1.96 bits per heavy atom. The molecule has 0 bridgehead atoms. The summed E-state index contributed by atoms with van der Waals surface area (Å²) >= 11 is 1.67. The average molecular weight is 388 g/mol. The number of aromatic nitrogens is 2. The molecule has 2 aliphatic rings. The van der Waals surface area contributed by atoms with Gasteiger partial charge in [0.2, 0.25) is 5.88 Å². The quantitative estimate of drug-likeness (QED) is 0.551. The minimum absolute atomic E-state index is 0.610. The van der Waals surface area contributed by atoms with E-state index >= 15 is 0 Å². The van der Waals surface area contributed by atoms with Crippen molar-refractivity contribution in [3.63, 3.8) is 0 Å². The maximum atomic E-state index is 5.86. The summed E-state index contributed by atoms with van der Waals surface area (Å²) in [5.41, 5.74) is 1.14. The van der Waals surface area contributed by atoms with Crippen LogP contribution in [0.2, 0.25) is 0 Å². The highest BCUT2D eigenvalue weighted by Crippen LogP contribution is 2.39. The number of fused-ring (bicyclic) bond motifs is 1. The Morgan fingerprint density at radius 1 is 1.11 bits per heavy atom. The van der Waals surface area contributed by atoms with Gasteiger partial charge in [-0.15, -0.1) is 0 Å². The summed E-state index contributed by atoms with van der Waals surface area (Å²) in [6, 6.07) is 7.91. The molecule has 0 radical (unpaired) electrons. The molecule has 0 N–H and O–H groups in total. The van der Waals surface area contributed by atoms with E-state index in [0.29, 0.717) is 19.1 Å². The van der Waals surface area contributed by atoms with Crippen molar-refractivity contribution < 1.29 is 14.2 Å². The van der Waals surface area contributed by atoms with Gasteiger partial charge in [-0.1, -0.05) is 17.8 Å². The van der Waals surface area contributed by atoms with Gasteiger partial charge in [0.15, 0.2) is 16.7 Å². The number of hydrogen-bond donors (Lipinski definition) is 0. The molecule has 1 aromatic carbocycles. The van der Waals surface area contributed by atoms with Crippen molar-refractivity contribution >= 4 is 17.4 Å². The fourth-order valence-electron chi connectivity index (χ4n) is 3.29. The van der Waals surface area contributed by atoms with Gasteiger partial charge >= 0.3 is 0 Å². The second-order valence-corrected chi connectivity index (χ2v) is 7.42. The van der Waals surface area contributed by atoms with Crippen LogP contribution in [0.4, 0.5) is 5.69 Å². The highest BCUT2D eigenvalue weighted by molar-refractivity contribution is 7.99. The molecular formula is C19H24N4O3S. The van der Waals surface area contributed by atoms with Gasteiger partial charge < -0.3 is 19.1 Å². The molecule has 2 aromatic rings. The molecule has 0 atom stereocenters. The number of para-hydroxylation sites is 1. The van der Waals surface area contributed by atoms with E-state index < -0.39 is 0 Å². The highest BCUT2D eigenvalue weighted by Gasteiger charge is 2.23. The van der Waals surface area contributed by atoms with E-state index in [0.717, 1.165) is 60.8 Å². The first-order chi connectivity index (χ1) is 13.3. The molecule has 1 saturated heterocycles.